The Labute approximate surface area is 137 Å². The van der Waals surface area contributed by atoms with Gasteiger partial charge in [-0.15, -0.1) is 0 Å². The van der Waals surface area contributed by atoms with E-state index in [1.165, 1.54) is 0 Å². The van der Waals surface area contributed by atoms with E-state index in [1.54, 1.807) is 0 Å². The summed E-state index contributed by atoms with van der Waals surface area (Å²) in [5, 5.41) is 0. The third-order valence-corrected chi connectivity index (χ3v) is 4.82. The highest BCUT2D eigenvalue weighted by Gasteiger charge is 2.42. The maximum atomic E-state index is 12.3. The molecule has 0 saturated carbocycles. The lowest BCUT2D eigenvalue weighted by Crippen LogP contribution is -2.35. The molecule has 2 heterocycles. The molecule has 0 N–H and O–H groups in total. The zero-order valence-corrected chi connectivity index (χ0v) is 13.6. The minimum Gasteiger partial charge on any atom is -0.493 e. The molecule has 23 heavy (non-hydrogen) atoms. The van der Waals surface area contributed by atoms with Crippen molar-refractivity contribution in [3.8, 4) is 5.75 Å². The van der Waals surface area contributed by atoms with E-state index in [0.29, 0.717) is 31.3 Å². The number of nitrogens with zero attached hydrogens (tertiary/aromatic N) is 2. The van der Waals surface area contributed by atoms with Gasteiger partial charge in [0.2, 0.25) is 11.8 Å². The fraction of sp³-hybridized carbons (Fsp3) is 0.556. The van der Waals surface area contributed by atoms with E-state index in [4.69, 9.17) is 4.74 Å². The molecule has 5 heteroatoms. The molecule has 124 valence electrons. The molecule has 0 aromatic heterocycles. The SMILES string of the molecule is CCC(=O)N1C[C@@H]2CN(C(=O)CCOc3ccccc3)C[C@@H]2C1. The molecule has 0 radical (unpaired) electrons. The quantitative estimate of drug-likeness (QED) is 0.832. The molecule has 0 unspecified atom stereocenters. The van der Waals surface area contributed by atoms with Gasteiger partial charge in [-0.1, -0.05) is 25.1 Å². The first kappa shape index (κ1) is 15.8. The normalized spacial score (nSPS) is 23.0. The molecule has 2 amide bonds. The summed E-state index contributed by atoms with van der Waals surface area (Å²) < 4.78 is 5.59. The van der Waals surface area contributed by atoms with Crippen LogP contribution in [-0.2, 0) is 9.59 Å². The van der Waals surface area contributed by atoms with Crippen molar-refractivity contribution in [2.45, 2.75) is 19.8 Å². The van der Waals surface area contributed by atoms with Crippen LogP contribution in [0, 0.1) is 11.8 Å². The van der Waals surface area contributed by atoms with Crippen molar-refractivity contribution < 1.29 is 14.3 Å². The lowest BCUT2D eigenvalue weighted by molar-refractivity contribution is -0.131. The van der Waals surface area contributed by atoms with Crippen molar-refractivity contribution >= 4 is 11.8 Å². The molecule has 2 saturated heterocycles. The van der Waals surface area contributed by atoms with Crippen LogP contribution in [-0.4, -0.2) is 54.4 Å². The van der Waals surface area contributed by atoms with Crippen LogP contribution >= 0.6 is 0 Å². The van der Waals surface area contributed by atoms with Crippen LogP contribution in [0.2, 0.25) is 0 Å². The van der Waals surface area contributed by atoms with Gasteiger partial charge >= 0.3 is 0 Å². The van der Waals surface area contributed by atoms with Crippen LogP contribution in [0.25, 0.3) is 0 Å². The lowest BCUT2D eigenvalue weighted by atomic mass is 10.0. The number of amides is 2. The number of carbonyl (C=O) groups is 2. The molecule has 0 aliphatic carbocycles. The molecular weight excluding hydrogens is 292 g/mol. The number of benzene rings is 1. The van der Waals surface area contributed by atoms with Crippen molar-refractivity contribution in [3.05, 3.63) is 30.3 Å². The molecule has 5 nitrogen and oxygen atoms in total. The first-order chi connectivity index (χ1) is 11.2. The standard InChI is InChI=1S/C18H24N2O3/c1-2-17(21)19-10-14-12-20(13-15(14)11-19)18(22)8-9-23-16-6-4-3-5-7-16/h3-7,14-15H,2,8-13H2,1H3/t14-,15+. The smallest absolute Gasteiger partial charge is 0.226 e. The predicted molar refractivity (Wildman–Crippen MR) is 87.0 cm³/mol. The zero-order valence-electron chi connectivity index (χ0n) is 13.6. The Balaban J connectivity index is 1.42. The second-order valence-electron chi connectivity index (χ2n) is 6.38. The van der Waals surface area contributed by atoms with E-state index in [-0.39, 0.29) is 11.8 Å². The second-order valence-corrected chi connectivity index (χ2v) is 6.38. The summed E-state index contributed by atoms with van der Waals surface area (Å²) in [4.78, 5) is 28.0. The highest BCUT2D eigenvalue weighted by molar-refractivity contribution is 5.77. The maximum Gasteiger partial charge on any atom is 0.226 e. The van der Waals surface area contributed by atoms with Gasteiger partial charge in [0.1, 0.15) is 5.75 Å². The summed E-state index contributed by atoms with van der Waals surface area (Å²) in [5.41, 5.74) is 0. The van der Waals surface area contributed by atoms with Gasteiger partial charge in [0.15, 0.2) is 0 Å². The summed E-state index contributed by atoms with van der Waals surface area (Å²) >= 11 is 0. The zero-order chi connectivity index (χ0) is 16.2. The van der Waals surface area contributed by atoms with Crippen LogP contribution in [0.5, 0.6) is 5.75 Å². The van der Waals surface area contributed by atoms with E-state index >= 15 is 0 Å². The number of carbonyl (C=O) groups excluding carboxylic acids is 2. The van der Waals surface area contributed by atoms with Crippen LogP contribution in [0.1, 0.15) is 19.8 Å². The molecule has 2 aliphatic rings. The highest BCUT2D eigenvalue weighted by atomic mass is 16.5. The molecule has 2 fully saturated rings. The molecule has 2 atom stereocenters. The minimum absolute atomic E-state index is 0.156. The van der Waals surface area contributed by atoms with Crippen molar-refractivity contribution in [1.82, 2.24) is 9.80 Å². The summed E-state index contributed by atoms with van der Waals surface area (Å²) in [6.45, 7) is 5.49. The fourth-order valence-electron chi connectivity index (χ4n) is 3.56. The second kappa shape index (κ2) is 7.02. The Hall–Kier alpha value is -2.04. The third-order valence-electron chi connectivity index (χ3n) is 4.82. The molecule has 1 aromatic rings. The van der Waals surface area contributed by atoms with Crippen LogP contribution in [0.3, 0.4) is 0 Å². The summed E-state index contributed by atoms with van der Waals surface area (Å²) in [6.07, 6.45) is 0.977. The Bertz CT molecular complexity index is 547. The highest BCUT2D eigenvalue weighted by Crippen LogP contribution is 2.31. The van der Waals surface area contributed by atoms with E-state index in [2.05, 4.69) is 0 Å². The number of hydrogen-bond donors (Lipinski definition) is 0. The number of likely N-dealkylation sites (tertiary alicyclic amines) is 2. The Morgan fingerprint density at radius 1 is 1.00 bits per heavy atom. The first-order valence-electron chi connectivity index (χ1n) is 8.40. The van der Waals surface area contributed by atoms with E-state index in [9.17, 15) is 9.59 Å². The van der Waals surface area contributed by atoms with Gasteiger partial charge < -0.3 is 14.5 Å². The largest absolute Gasteiger partial charge is 0.493 e. The third kappa shape index (κ3) is 3.66. The van der Waals surface area contributed by atoms with Crippen LogP contribution in [0.15, 0.2) is 30.3 Å². The van der Waals surface area contributed by atoms with Crippen molar-refractivity contribution in [1.29, 1.82) is 0 Å². The van der Waals surface area contributed by atoms with Crippen molar-refractivity contribution in [2.24, 2.45) is 11.8 Å². The first-order valence-corrected chi connectivity index (χ1v) is 8.40. The number of ether oxygens (including phenoxy) is 1. The average Bonchev–Trinajstić information content (AvgIpc) is 3.14. The monoisotopic (exact) mass is 316 g/mol. The number of hydrogen-bond acceptors (Lipinski definition) is 3. The Morgan fingerprint density at radius 3 is 2.13 bits per heavy atom. The van der Waals surface area contributed by atoms with Gasteiger partial charge in [-0.3, -0.25) is 9.59 Å². The Kier molecular flexibility index (Phi) is 4.84. The van der Waals surface area contributed by atoms with Crippen molar-refractivity contribution in [2.75, 3.05) is 32.8 Å². The lowest BCUT2D eigenvalue weighted by Gasteiger charge is -2.21. The summed E-state index contributed by atoms with van der Waals surface area (Å²) in [5.74, 6) is 2.08. The van der Waals surface area contributed by atoms with E-state index in [1.807, 2.05) is 47.1 Å². The van der Waals surface area contributed by atoms with Gasteiger partial charge in [0, 0.05) is 44.4 Å². The summed E-state index contributed by atoms with van der Waals surface area (Å²) in [7, 11) is 0. The van der Waals surface area contributed by atoms with Gasteiger partial charge in [-0.2, -0.15) is 0 Å². The minimum atomic E-state index is 0.156. The molecule has 0 bridgehead atoms. The number of rotatable bonds is 5. The van der Waals surface area contributed by atoms with Crippen LogP contribution in [0.4, 0.5) is 0 Å². The van der Waals surface area contributed by atoms with Gasteiger partial charge in [-0.05, 0) is 12.1 Å². The average molecular weight is 316 g/mol. The van der Waals surface area contributed by atoms with Gasteiger partial charge in [-0.25, -0.2) is 0 Å². The fourth-order valence-corrected chi connectivity index (χ4v) is 3.56. The van der Waals surface area contributed by atoms with Crippen LogP contribution < -0.4 is 4.74 Å². The van der Waals surface area contributed by atoms with E-state index < -0.39 is 0 Å². The molecule has 2 aliphatic heterocycles. The molecular formula is C18H24N2O3. The molecule has 1 aromatic carbocycles. The molecule has 0 spiro atoms. The number of fused-ring (bicyclic) bond motifs is 1. The van der Waals surface area contributed by atoms with Gasteiger partial charge in [0.05, 0.1) is 13.0 Å². The Morgan fingerprint density at radius 2 is 1.57 bits per heavy atom. The predicted octanol–water partition coefficient (Wildman–Crippen LogP) is 1.78. The maximum absolute atomic E-state index is 12.3. The van der Waals surface area contributed by atoms with Gasteiger partial charge in [0.25, 0.3) is 0 Å². The summed E-state index contributed by atoms with van der Waals surface area (Å²) in [6, 6.07) is 9.56. The van der Waals surface area contributed by atoms with Crippen molar-refractivity contribution in [3.63, 3.8) is 0 Å². The number of para-hydroxylation sites is 1. The molecule has 3 rings (SSSR count). The topological polar surface area (TPSA) is 49.9 Å². The van der Waals surface area contributed by atoms with E-state index in [0.717, 1.165) is 31.9 Å².